The van der Waals surface area contributed by atoms with Gasteiger partial charge in [0.15, 0.2) is 0 Å². The summed E-state index contributed by atoms with van der Waals surface area (Å²) < 4.78 is 0. The zero-order valence-electron chi connectivity index (χ0n) is 12.4. The van der Waals surface area contributed by atoms with Gasteiger partial charge in [-0.15, -0.1) is 0 Å². The maximum Gasteiger partial charge on any atom is 0.225 e. The van der Waals surface area contributed by atoms with Gasteiger partial charge < -0.3 is 16.6 Å². The minimum absolute atomic E-state index is 0.0689. The minimum atomic E-state index is -0.595. The van der Waals surface area contributed by atoms with E-state index in [4.69, 9.17) is 34.7 Å². The van der Waals surface area contributed by atoms with Crippen molar-refractivity contribution in [1.29, 1.82) is 0 Å². The van der Waals surface area contributed by atoms with Crippen LogP contribution in [0.1, 0.15) is 23.0 Å². The topological polar surface area (TPSA) is 114 Å². The monoisotopic (exact) mass is 354 g/mol. The van der Waals surface area contributed by atoms with Gasteiger partial charge in [0.25, 0.3) is 0 Å². The lowest BCUT2D eigenvalue weighted by molar-refractivity contribution is 0.0711. The molecule has 0 amide bonds. The third-order valence-electron chi connectivity index (χ3n) is 3.87. The molecule has 122 valence electrons. The number of nitrogens with zero attached hydrogens (tertiary/aromatic N) is 4. The molecule has 0 radical (unpaired) electrons. The van der Waals surface area contributed by atoms with Crippen molar-refractivity contribution in [3.05, 3.63) is 39.1 Å². The second kappa shape index (κ2) is 6.09. The Bertz CT molecular complexity index is 736. The van der Waals surface area contributed by atoms with Crippen LogP contribution in [0.4, 0.5) is 11.9 Å². The molecule has 2 atom stereocenters. The van der Waals surface area contributed by atoms with Gasteiger partial charge in [0.05, 0.1) is 18.7 Å². The molecule has 0 saturated heterocycles. The van der Waals surface area contributed by atoms with Crippen LogP contribution in [0, 0.1) is 0 Å². The van der Waals surface area contributed by atoms with Crippen LogP contribution in [0.5, 0.6) is 0 Å². The van der Waals surface area contributed by atoms with Crippen LogP contribution in [0.15, 0.2) is 12.1 Å². The zero-order chi connectivity index (χ0) is 16.7. The number of aliphatic hydroxyl groups excluding tert-OH is 1. The molecule has 3 rings (SSSR count). The first-order valence-electron chi connectivity index (χ1n) is 6.97. The quantitative estimate of drug-likeness (QED) is 0.763. The van der Waals surface area contributed by atoms with Gasteiger partial charge in [0.1, 0.15) is 5.82 Å². The van der Waals surface area contributed by atoms with Crippen LogP contribution in [0.2, 0.25) is 10.0 Å². The summed E-state index contributed by atoms with van der Waals surface area (Å²) in [6, 6.07) is 3.25. The van der Waals surface area contributed by atoms with E-state index in [2.05, 4.69) is 15.0 Å². The lowest BCUT2D eigenvalue weighted by atomic mass is 10.1. The van der Waals surface area contributed by atoms with Gasteiger partial charge in [-0.25, -0.2) is 0 Å². The first kappa shape index (κ1) is 16.2. The summed E-state index contributed by atoms with van der Waals surface area (Å²) in [6.07, 6.45) is -0.121. The predicted octanol–water partition coefficient (Wildman–Crippen LogP) is 1.43. The Morgan fingerprint density at radius 3 is 2.52 bits per heavy atom. The van der Waals surface area contributed by atoms with E-state index in [1.807, 2.05) is 18.0 Å². The Morgan fingerprint density at radius 2 is 1.87 bits per heavy atom. The van der Waals surface area contributed by atoms with Crippen molar-refractivity contribution in [2.24, 2.45) is 0 Å². The average Bonchev–Trinajstić information content (AvgIpc) is 2.74. The van der Waals surface area contributed by atoms with Gasteiger partial charge in [-0.05, 0) is 30.3 Å². The van der Waals surface area contributed by atoms with E-state index in [0.717, 1.165) is 11.1 Å². The van der Waals surface area contributed by atoms with E-state index in [-0.39, 0.29) is 17.9 Å². The number of hydrogen-bond donors (Lipinski definition) is 3. The van der Waals surface area contributed by atoms with E-state index < -0.39 is 6.10 Å². The average molecular weight is 355 g/mol. The summed E-state index contributed by atoms with van der Waals surface area (Å²) in [5.41, 5.74) is 13.0. The van der Waals surface area contributed by atoms with Crippen molar-refractivity contribution in [1.82, 2.24) is 19.9 Å². The molecular formula is C14H16Cl2N6O. The van der Waals surface area contributed by atoms with E-state index in [1.165, 1.54) is 0 Å². The highest BCUT2D eigenvalue weighted by Gasteiger charge is 2.36. The fourth-order valence-electron chi connectivity index (χ4n) is 3.01. The molecule has 5 N–H and O–H groups in total. The number of rotatable bonds is 3. The fourth-order valence-corrected chi connectivity index (χ4v) is 3.60. The van der Waals surface area contributed by atoms with Gasteiger partial charge in [-0.3, -0.25) is 4.90 Å². The van der Waals surface area contributed by atoms with E-state index in [0.29, 0.717) is 28.8 Å². The Morgan fingerprint density at radius 1 is 1.22 bits per heavy atom. The van der Waals surface area contributed by atoms with Gasteiger partial charge >= 0.3 is 0 Å². The molecule has 0 fully saturated rings. The molecule has 23 heavy (non-hydrogen) atoms. The third kappa shape index (κ3) is 3.18. The minimum Gasteiger partial charge on any atom is -0.391 e. The van der Waals surface area contributed by atoms with Gasteiger partial charge in [0, 0.05) is 16.5 Å². The number of likely N-dealkylation sites (N-methyl/N-ethyl adjacent to an activating group) is 1. The summed E-state index contributed by atoms with van der Waals surface area (Å²) in [4.78, 5) is 13.8. The third-order valence-corrected chi connectivity index (χ3v) is 4.43. The lowest BCUT2D eigenvalue weighted by Crippen LogP contribution is -2.31. The standard InChI is InChI=1S/C14H16Cl2N6O/c1-22(5-11-19-13(17)21-14(18)20-11)12-8-2-6(15)3-9(16)7(8)4-10(12)23/h2-3,10,12,23H,4-5H2,1H3,(H4,17,18,19,20,21). The molecule has 1 aromatic heterocycles. The van der Waals surface area contributed by atoms with Crippen molar-refractivity contribution in [3.8, 4) is 0 Å². The van der Waals surface area contributed by atoms with Gasteiger partial charge in [-0.2, -0.15) is 15.0 Å². The van der Waals surface area contributed by atoms with Crippen molar-refractivity contribution in [2.75, 3.05) is 18.5 Å². The number of hydrogen-bond acceptors (Lipinski definition) is 7. The van der Waals surface area contributed by atoms with E-state index in [1.54, 1.807) is 6.07 Å². The number of benzene rings is 1. The summed E-state index contributed by atoms with van der Waals surface area (Å²) in [6.45, 7) is 0.349. The molecule has 2 aromatic rings. The molecule has 1 heterocycles. The number of halogens is 2. The Hall–Kier alpha value is -1.67. The van der Waals surface area contributed by atoms with Gasteiger partial charge in [-0.1, -0.05) is 23.2 Å². The number of fused-ring (bicyclic) bond motifs is 1. The van der Waals surface area contributed by atoms with Crippen molar-refractivity contribution in [3.63, 3.8) is 0 Å². The van der Waals surface area contributed by atoms with E-state index >= 15 is 0 Å². The van der Waals surface area contributed by atoms with Crippen molar-refractivity contribution >= 4 is 35.1 Å². The molecule has 2 unspecified atom stereocenters. The number of nitrogens with two attached hydrogens (primary N) is 2. The normalized spacial score (nSPS) is 20.0. The highest BCUT2D eigenvalue weighted by molar-refractivity contribution is 6.35. The molecule has 0 spiro atoms. The van der Waals surface area contributed by atoms with Crippen molar-refractivity contribution < 1.29 is 5.11 Å². The molecular weight excluding hydrogens is 339 g/mol. The molecule has 9 heteroatoms. The molecule has 0 saturated carbocycles. The Kier molecular flexibility index (Phi) is 4.29. The SMILES string of the molecule is CN(Cc1nc(N)nc(N)n1)C1c2cc(Cl)cc(Cl)c2CC1O. The summed E-state index contributed by atoms with van der Waals surface area (Å²) in [5.74, 6) is 0.574. The van der Waals surface area contributed by atoms with Crippen LogP contribution >= 0.6 is 23.2 Å². The Labute approximate surface area is 143 Å². The van der Waals surface area contributed by atoms with Gasteiger partial charge in [0.2, 0.25) is 11.9 Å². The van der Waals surface area contributed by atoms with Crippen molar-refractivity contribution in [2.45, 2.75) is 25.1 Å². The molecule has 1 aromatic carbocycles. The number of anilines is 2. The maximum atomic E-state index is 10.4. The van der Waals surface area contributed by atoms with Crippen LogP contribution in [0.25, 0.3) is 0 Å². The second-order valence-electron chi connectivity index (χ2n) is 5.55. The molecule has 1 aliphatic carbocycles. The first-order valence-corrected chi connectivity index (χ1v) is 7.72. The Balaban J connectivity index is 1.90. The molecule has 0 aliphatic heterocycles. The summed E-state index contributed by atoms with van der Waals surface area (Å²) in [7, 11) is 1.86. The highest BCUT2D eigenvalue weighted by atomic mass is 35.5. The predicted molar refractivity (Wildman–Crippen MR) is 89.0 cm³/mol. The largest absolute Gasteiger partial charge is 0.391 e. The lowest BCUT2D eigenvalue weighted by Gasteiger charge is -2.27. The summed E-state index contributed by atoms with van der Waals surface area (Å²) >= 11 is 12.3. The smallest absolute Gasteiger partial charge is 0.225 e. The van der Waals surface area contributed by atoms with Crippen LogP contribution in [0.3, 0.4) is 0 Å². The molecule has 0 bridgehead atoms. The number of nitrogen functional groups attached to an aromatic ring is 2. The zero-order valence-corrected chi connectivity index (χ0v) is 13.9. The molecule has 1 aliphatic rings. The van der Waals surface area contributed by atoms with Crippen LogP contribution in [-0.4, -0.2) is 38.1 Å². The maximum absolute atomic E-state index is 10.4. The van der Waals surface area contributed by atoms with E-state index in [9.17, 15) is 5.11 Å². The van der Waals surface area contributed by atoms with Crippen LogP contribution in [-0.2, 0) is 13.0 Å². The number of aliphatic hydroxyl groups is 1. The molecule has 7 nitrogen and oxygen atoms in total. The highest BCUT2D eigenvalue weighted by Crippen LogP contribution is 2.41. The second-order valence-corrected chi connectivity index (χ2v) is 6.40. The van der Waals surface area contributed by atoms with Crippen LogP contribution < -0.4 is 11.5 Å². The fraction of sp³-hybridized carbons (Fsp3) is 0.357. The summed E-state index contributed by atoms with van der Waals surface area (Å²) in [5, 5.41) is 11.5. The first-order chi connectivity index (χ1) is 10.8. The number of aromatic nitrogens is 3.